The Morgan fingerprint density at radius 2 is 1.88 bits per heavy atom. The summed E-state index contributed by atoms with van der Waals surface area (Å²) in [5, 5.41) is 5.45. The van der Waals surface area contributed by atoms with E-state index < -0.39 is 6.10 Å². The molecule has 3 rings (SSSR count). The number of hydrogen-bond acceptors (Lipinski definition) is 4. The maximum Gasteiger partial charge on any atom is 0.265 e. The molecule has 0 saturated carbocycles. The molecule has 2 aromatic rings. The van der Waals surface area contributed by atoms with Crippen LogP contribution in [-0.4, -0.2) is 23.7 Å². The molecule has 134 valence electrons. The van der Waals surface area contributed by atoms with Crippen LogP contribution in [0, 0.1) is 0 Å². The van der Waals surface area contributed by atoms with E-state index in [0.29, 0.717) is 22.7 Å². The minimum Gasteiger partial charge on any atom is -0.479 e. The number of amides is 2. The summed E-state index contributed by atoms with van der Waals surface area (Å²) in [7, 11) is 0. The summed E-state index contributed by atoms with van der Waals surface area (Å²) in [5.74, 6) is -0.0406. The molecular weight excluding hydrogens is 400 g/mol. The van der Waals surface area contributed by atoms with E-state index >= 15 is 0 Å². The molecule has 0 saturated heterocycles. The highest BCUT2D eigenvalue weighted by molar-refractivity contribution is 9.10. The van der Waals surface area contributed by atoms with Gasteiger partial charge in [0.05, 0.1) is 5.69 Å². The molecular formula is C19H17BrN2O4. The topological polar surface area (TPSA) is 84.5 Å². The van der Waals surface area contributed by atoms with Crippen molar-refractivity contribution >= 4 is 44.9 Å². The number of halogens is 1. The molecule has 2 aromatic carbocycles. The highest BCUT2D eigenvalue weighted by Crippen LogP contribution is 2.32. The monoisotopic (exact) mass is 416 g/mol. The Kier molecular flexibility index (Phi) is 5.37. The van der Waals surface area contributed by atoms with Gasteiger partial charge >= 0.3 is 0 Å². The maximum absolute atomic E-state index is 12.1. The van der Waals surface area contributed by atoms with Crippen LogP contribution in [0.1, 0.15) is 30.1 Å². The lowest BCUT2D eigenvalue weighted by Crippen LogP contribution is -2.34. The van der Waals surface area contributed by atoms with Crippen molar-refractivity contribution < 1.29 is 19.1 Å². The SMILES string of the molecule is CC1Oc2ccc(NC(=O)CCC(=O)c3ccc(Br)cc3)cc2NC1=O. The lowest BCUT2D eigenvalue weighted by atomic mass is 10.1. The van der Waals surface area contributed by atoms with Gasteiger partial charge in [-0.1, -0.05) is 28.1 Å². The van der Waals surface area contributed by atoms with Crippen molar-refractivity contribution in [1.82, 2.24) is 0 Å². The number of nitrogens with one attached hydrogen (secondary N) is 2. The average molecular weight is 417 g/mol. The second kappa shape index (κ2) is 7.70. The van der Waals surface area contributed by atoms with E-state index in [0.717, 1.165) is 4.47 Å². The van der Waals surface area contributed by atoms with Crippen molar-refractivity contribution in [2.75, 3.05) is 10.6 Å². The first kappa shape index (κ1) is 18.1. The van der Waals surface area contributed by atoms with Gasteiger partial charge in [-0.2, -0.15) is 0 Å². The summed E-state index contributed by atoms with van der Waals surface area (Å²) in [5.41, 5.74) is 1.61. The number of rotatable bonds is 5. The standard InChI is InChI=1S/C19H17BrN2O4/c1-11-19(25)22-15-10-14(6-8-17(15)26-11)21-18(24)9-7-16(23)12-2-4-13(20)5-3-12/h2-6,8,10-11H,7,9H2,1H3,(H,21,24)(H,22,25). The zero-order valence-electron chi connectivity index (χ0n) is 14.0. The number of anilines is 2. The van der Waals surface area contributed by atoms with Gasteiger partial charge in [-0.05, 0) is 37.3 Å². The molecule has 2 amide bonds. The van der Waals surface area contributed by atoms with E-state index in [4.69, 9.17) is 4.74 Å². The summed E-state index contributed by atoms with van der Waals surface area (Å²) >= 11 is 3.32. The molecule has 1 atom stereocenters. The number of hydrogen-bond donors (Lipinski definition) is 2. The van der Waals surface area contributed by atoms with Gasteiger partial charge in [0.25, 0.3) is 5.91 Å². The Bertz CT molecular complexity index is 864. The number of benzene rings is 2. The van der Waals surface area contributed by atoms with Crippen molar-refractivity contribution in [2.24, 2.45) is 0 Å². The van der Waals surface area contributed by atoms with E-state index in [9.17, 15) is 14.4 Å². The highest BCUT2D eigenvalue weighted by atomic mass is 79.9. The van der Waals surface area contributed by atoms with E-state index in [2.05, 4.69) is 26.6 Å². The first-order chi connectivity index (χ1) is 12.4. The Morgan fingerprint density at radius 1 is 1.15 bits per heavy atom. The van der Waals surface area contributed by atoms with Gasteiger partial charge in [0.15, 0.2) is 11.9 Å². The third-order valence-electron chi connectivity index (χ3n) is 3.94. The number of ether oxygens (including phenoxy) is 1. The van der Waals surface area contributed by atoms with Gasteiger partial charge in [-0.15, -0.1) is 0 Å². The molecule has 1 aliphatic heterocycles. The Morgan fingerprint density at radius 3 is 2.62 bits per heavy atom. The van der Waals surface area contributed by atoms with Gasteiger partial charge < -0.3 is 15.4 Å². The summed E-state index contributed by atoms with van der Waals surface area (Å²) in [4.78, 5) is 35.9. The smallest absolute Gasteiger partial charge is 0.265 e. The van der Waals surface area contributed by atoms with Crippen molar-refractivity contribution in [3.05, 3.63) is 52.5 Å². The summed E-state index contributed by atoms with van der Waals surface area (Å²) in [6.45, 7) is 1.66. The van der Waals surface area contributed by atoms with E-state index in [1.54, 1.807) is 49.4 Å². The van der Waals surface area contributed by atoms with Gasteiger partial charge in [-0.25, -0.2) is 0 Å². The number of fused-ring (bicyclic) bond motifs is 1. The number of carbonyl (C=O) groups excluding carboxylic acids is 3. The summed E-state index contributed by atoms with van der Waals surface area (Å²) in [6.07, 6.45) is -0.352. The molecule has 7 heteroatoms. The molecule has 1 heterocycles. The largest absolute Gasteiger partial charge is 0.479 e. The molecule has 0 aliphatic carbocycles. The predicted octanol–water partition coefficient (Wildman–Crippen LogP) is 3.77. The lowest BCUT2D eigenvalue weighted by Gasteiger charge is -2.23. The van der Waals surface area contributed by atoms with Crippen molar-refractivity contribution in [2.45, 2.75) is 25.9 Å². The summed E-state index contributed by atoms with van der Waals surface area (Å²) in [6, 6.07) is 12.0. The van der Waals surface area contributed by atoms with E-state index in [1.807, 2.05) is 0 Å². The zero-order valence-corrected chi connectivity index (χ0v) is 15.6. The van der Waals surface area contributed by atoms with Crippen LogP contribution in [-0.2, 0) is 9.59 Å². The quantitative estimate of drug-likeness (QED) is 0.726. The van der Waals surface area contributed by atoms with Crippen LogP contribution in [0.4, 0.5) is 11.4 Å². The Balaban J connectivity index is 1.57. The van der Waals surface area contributed by atoms with Crippen LogP contribution >= 0.6 is 15.9 Å². The second-order valence-corrected chi connectivity index (χ2v) is 6.85. The number of ketones is 1. The fourth-order valence-corrected chi connectivity index (χ4v) is 2.78. The Labute approximate surface area is 159 Å². The van der Waals surface area contributed by atoms with Gasteiger partial charge in [0.2, 0.25) is 5.91 Å². The number of carbonyl (C=O) groups is 3. The maximum atomic E-state index is 12.1. The summed E-state index contributed by atoms with van der Waals surface area (Å²) < 4.78 is 6.36. The van der Waals surface area contributed by atoms with Crippen LogP contribution in [0.15, 0.2) is 46.9 Å². The Hall–Kier alpha value is -2.67. The predicted molar refractivity (Wildman–Crippen MR) is 101 cm³/mol. The first-order valence-electron chi connectivity index (χ1n) is 8.12. The molecule has 1 unspecified atom stereocenters. The van der Waals surface area contributed by atoms with E-state index in [-0.39, 0.29) is 30.4 Å². The number of Topliss-reactive ketones (excluding diaryl/α,β-unsaturated/α-hetero) is 1. The zero-order chi connectivity index (χ0) is 18.7. The molecule has 26 heavy (non-hydrogen) atoms. The molecule has 0 fully saturated rings. The first-order valence-corrected chi connectivity index (χ1v) is 8.92. The van der Waals surface area contributed by atoms with Crippen LogP contribution in [0.25, 0.3) is 0 Å². The molecule has 1 aliphatic rings. The molecule has 0 aromatic heterocycles. The second-order valence-electron chi connectivity index (χ2n) is 5.94. The molecule has 0 radical (unpaired) electrons. The van der Waals surface area contributed by atoms with Gasteiger partial charge in [0.1, 0.15) is 5.75 Å². The van der Waals surface area contributed by atoms with Crippen LogP contribution in [0.3, 0.4) is 0 Å². The average Bonchev–Trinajstić information content (AvgIpc) is 2.61. The molecule has 0 bridgehead atoms. The fourth-order valence-electron chi connectivity index (χ4n) is 2.52. The van der Waals surface area contributed by atoms with Crippen molar-refractivity contribution in [1.29, 1.82) is 0 Å². The molecule has 6 nitrogen and oxygen atoms in total. The van der Waals surface area contributed by atoms with E-state index in [1.165, 1.54) is 0 Å². The molecule has 0 spiro atoms. The third-order valence-corrected chi connectivity index (χ3v) is 4.47. The molecule has 2 N–H and O–H groups in total. The van der Waals surface area contributed by atoms with Crippen molar-refractivity contribution in [3.8, 4) is 5.75 Å². The highest BCUT2D eigenvalue weighted by Gasteiger charge is 2.23. The van der Waals surface area contributed by atoms with Crippen LogP contribution in [0.5, 0.6) is 5.75 Å². The lowest BCUT2D eigenvalue weighted by molar-refractivity contribution is -0.122. The van der Waals surface area contributed by atoms with Crippen LogP contribution in [0.2, 0.25) is 0 Å². The fraction of sp³-hybridized carbons (Fsp3) is 0.211. The normalized spacial score (nSPS) is 15.5. The minimum atomic E-state index is -0.549. The van der Waals surface area contributed by atoms with Gasteiger partial charge in [0, 0.05) is 28.6 Å². The van der Waals surface area contributed by atoms with Crippen LogP contribution < -0.4 is 15.4 Å². The third kappa shape index (κ3) is 4.29. The van der Waals surface area contributed by atoms with Crippen molar-refractivity contribution in [3.63, 3.8) is 0 Å². The minimum absolute atomic E-state index is 0.0753. The van der Waals surface area contributed by atoms with Gasteiger partial charge in [-0.3, -0.25) is 14.4 Å².